The molecule has 9 nitrogen and oxygen atoms in total. The van der Waals surface area contributed by atoms with Crippen LogP contribution in [0.15, 0.2) is 402 Å². The second kappa shape index (κ2) is 28.3. The van der Waals surface area contributed by atoms with E-state index in [1.54, 1.807) is 0 Å². The normalized spacial score (nSPS) is 11.4. The third kappa shape index (κ3) is 12.6. The fourth-order valence-corrected chi connectivity index (χ4v) is 15.2. The van der Waals surface area contributed by atoms with Crippen molar-refractivity contribution in [3.63, 3.8) is 0 Å². The number of aromatic nitrogens is 6. The molecule has 0 saturated carbocycles. The number of hydrogen-bond acceptors (Lipinski definition) is 9. The number of fused-ring (bicyclic) bond motifs is 12. The Hall–Kier alpha value is -15.1. The molecule has 0 fully saturated rings. The van der Waals surface area contributed by atoms with E-state index in [9.17, 15) is 0 Å². The summed E-state index contributed by atoms with van der Waals surface area (Å²) in [5.74, 6) is 0. The highest BCUT2D eigenvalue weighted by atomic mass is 16.3. The van der Waals surface area contributed by atoms with Crippen LogP contribution >= 0.6 is 0 Å². The van der Waals surface area contributed by atoms with Gasteiger partial charge in [0.05, 0.1) is 61.7 Å². The summed E-state index contributed by atoms with van der Waals surface area (Å²) in [6.45, 7) is 0. The lowest BCUT2D eigenvalue weighted by Crippen LogP contribution is -1.95. The van der Waals surface area contributed by atoms with E-state index in [4.69, 9.17) is 38.2 Å². The summed E-state index contributed by atoms with van der Waals surface area (Å²) in [6.07, 6.45) is 1.83. The van der Waals surface area contributed by atoms with Gasteiger partial charge in [-0.25, -0.2) is 24.9 Å². The molecule has 0 aliphatic heterocycles. The maximum Gasteiger partial charge on any atom is 0.143 e. The zero-order valence-electron chi connectivity index (χ0n) is 59.9. The van der Waals surface area contributed by atoms with Gasteiger partial charge in [-0.05, 0) is 124 Å². The third-order valence-electron chi connectivity index (χ3n) is 20.7. The summed E-state index contributed by atoms with van der Waals surface area (Å²) in [7, 11) is 0. The first-order valence-electron chi connectivity index (χ1n) is 37.1. The lowest BCUT2D eigenvalue weighted by atomic mass is 9.98. The fraction of sp³-hybridized carbons (Fsp3) is 0. The number of para-hydroxylation sites is 4. The molecule has 0 aliphatic rings. The number of benzene rings is 15. The molecule has 0 amide bonds. The van der Waals surface area contributed by atoms with Gasteiger partial charge < -0.3 is 13.3 Å². The first-order chi connectivity index (χ1) is 55.0. The lowest BCUT2D eigenvalue weighted by Gasteiger charge is -2.12. The summed E-state index contributed by atoms with van der Waals surface area (Å²) >= 11 is 0. The van der Waals surface area contributed by atoms with Crippen molar-refractivity contribution in [3.8, 4) is 112 Å². The molecule has 0 atom stereocenters. The summed E-state index contributed by atoms with van der Waals surface area (Å²) in [5, 5.41) is 7.86. The van der Waals surface area contributed by atoms with Crippen molar-refractivity contribution in [1.29, 1.82) is 0 Å². The predicted molar refractivity (Wildman–Crippen MR) is 455 cm³/mol. The van der Waals surface area contributed by atoms with E-state index >= 15 is 0 Å². The van der Waals surface area contributed by atoms with Crippen molar-refractivity contribution in [2.75, 3.05) is 0 Å². The molecule has 22 aromatic rings. The highest BCUT2D eigenvalue weighted by Crippen LogP contribution is 2.41. The second-order valence-corrected chi connectivity index (χ2v) is 27.6. The number of hydrogen-bond donors (Lipinski definition) is 0. The molecule has 7 heterocycles. The molecule has 0 N–H and O–H groups in total. The molecule has 0 bridgehead atoms. The van der Waals surface area contributed by atoms with Gasteiger partial charge in [-0.15, -0.1) is 0 Å². The van der Waals surface area contributed by atoms with E-state index in [0.29, 0.717) is 0 Å². The van der Waals surface area contributed by atoms with Crippen LogP contribution in [0.3, 0.4) is 0 Å². The van der Waals surface area contributed by atoms with Crippen LogP contribution < -0.4 is 0 Å². The van der Waals surface area contributed by atoms with E-state index < -0.39 is 0 Å². The van der Waals surface area contributed by atoms with Crippen LogP contribution in [0.2, 0.25) is 0 Å². The monoisotopic (exact) mass is 1420 g/mol. The van der Waals surface area contributed by atoms with Crippen LogP contribution in [0.1, 0.15) is 0 Å². The molecule has 9 heteroatoms. The Morgan fingerprint density at radius 1 is 0.171 bits per heavy atom. The van der Waals surface area contributed by atoms with Gasteiger partial charge in [0.25, 0.3) is 0 Å². The first kappa shape index (κ1) is 65.5. The van der Waals surface area contributed by atoms with Crippen molar-refractivity contribution < 1.29 is 13.3 Å². The Bertz CT molecular complexity index is 7230. The minimum Gasteiger partial charge on any atom is -0.456 e. The van der Waals surface area contributed by atoms with Gasteiger partial charge >= 0.3 is 0 Å². The highest BCUT2D eigenvalue weighted by Gasteiger charge is 2.20. The van der Waals surface area contributed by atoms with E-state index in [2.05, 4.69) is 242 Å². The van der Waals surface area contributed by atoms with Crippen LogP contribution in [0, 0.1) is 0 Å². The Morgan fingerprint density at radius 3 is 1.00 bits per heavy atom. The average molecular weight is 1420 g/mol. The number of rotatable bonds is 10. The largest absolute Gasteiger partial charge is 0.456 e. The molecule has 0 aliphatic carbocycles. The van der Waals surface area contributed by atoms with Crippen molar-refractivity contribution in [1.82, 2.24) is 29.9 Å². The minimum absolute atomic E-state index is 0.873. The van der Waals surface area contributed by atoms with Crippen molar-refractivity contribution in [3.05, 3.63) is 388 Å². The number of nitrogens with zero attached hydrogens (tertiary/aromatic N) is 6. The molecule has 0 saturated heterocycles. The van der Waals surface area contributed by atoms with Gasteiger partial charge in [0, 0.05) is 82.8 Å². The van der Waals surface area contributed by atoms with Crippen molar-refractivity contribution in [2.24, 2.45) is 0 Å². The lowest BCUT2D eigenvalue weighted by molar-refractivity contribution is 0.668. The highest BCUT2D eigenvalue weighted by molar-refractivity contribution is 6.11. The quantitative estimate of drug-likeness (QED) is 0.132. The molecular weight excluding hydrogens is 1360 g/mol. The van der Waals surface area contributed by atoms with Gasteiger partial charge in [0.15, 0.2) is 0 Å². The van der Waals surface area contributed by atoms with Gasteiger partial charge in [-0.2, -0.15) is 0 Å². The Kier molecular flexibility index (Phi) is 16.7. The van der Waals surface area contributed by atoms with E-state index in [0.717, 1.165) is 200 Å². The smallest absolute Gasteiger partial charge is 0.143 e. The van der Waals surface area contributed by atoms with Gasteiger partial charge in [-0.3, -0.25) is 4.98 Å². The maximum atomic E-state index is 6.25. The molecule has 0 unspecified atom stereocenters. The van der Waals surface area contributed by atoms with Crippen LogP contribution in [0.5, 0.6) is 0 Å². The topological polar surface area (TPSA) is 117 Å². The van der Waals surface area contributed by atoms with E-state index in [-0.39, 0.29) is 0 Å². The zero-order chi connectivity index (χ0) is 73.6. The van der Waals surface area contributed by atoms with Crippen LogP contribution in [0.25, 0.3) is 211 Å². The summed E-state index contributed by atoms with van der Waals surface area (Å²) in [6, 6.07) is 131. The molecule has 111 heavy (non-hydrogen) atoms. The number of pyridine rings is 2. The molecule has 0 radical (unpaired) electrons. The Labute approximate surface area is 638 Å². The van der Waals surface area contributed by atoms with Gasteiger partial charge in [0.1, 0.15) is 33.5 Å². The minimum atomic E-state index is 0.873. The maximum absolute atomic E-state index is 6.25. The Morgan fingerprint density at radius 2 is 0.514 bits per heavy atom. The fourth-order valence-electron chi connectivity index (χ4n) is 15.2. The van der Waals surface area contributed by atoms with E-state index in [1.807, 2.05) is 152 Å². The average Bonchev–Trinajstić information content (AvgIpc) is 1.75. The van der Waals surface area contributed by atoms with Crippen molar-refractivity contribution >= 4 is 98.8 Å². The van der Waals surface area contributed by atoms with Crippen LogP contribution in [-0.4, -0.2) is 29.9 Å². The second-order valence-electron chi connectivity index (χ2n) is 27.6. The van der Waals surface area contributed by atoms with Gasteiger partial charge in [0.2, 0.25) is 0 Å². The molecule has 0 spiro atoms. The first-order valence-corrected chi connectivity index (χ1v) is 37.1. The molecule has 22 rings (SSSR count). The zero-order valence-corrected chi connectivity index (χ0v) is 59.9. The summed E-state index contributed by atoms with van der Waals surface area (Å²) < 4.78 is 18.3. The van der Waals surface area contributed by atoms with Crippen LogP contribution in [-0.2, 0) is 0 Å². The molecule has 15 aromatic carbocycles. The van der Waals surface area contributed by atoms with Gasteiger partial charge in [-0.1, -0.05) is 297 Å². The van der Waals surface area contributed by atoms with Crippen molar-refractivity contribution in [2.45, 2.75) is 0 Å². The summed E-state index contributed by atoms with van der Waals surface area (Å²) in [4.78, 5) is 30.1. The predicted octanol–water partition coefficient (Wildman–Crippen LogP) is 27.3. The Balaban J connectivity index is 0.000000109. The SMILES string of the molecule is c1ccc(-c2nc(-c3ccc(-c4cccc5c4oc4ccccc45)cc3)cc3ncccc23)cc1.c1ccc(-c2nc3ccc(-c4ccc(-c5ccc6oc7ccccc7c6c5)cc4)cc3nc2-c2ccccc2)cc1.c1ccc(-c2nc3ccc(-c4ccc5oc6ccccc6c5c4)cc3nc2-c2ccccc2)cc1. The third-order valence-corrected chi connectivity index (χ3v) is 20.7. The molecular formula is C102H64N6O3. The summed E-state index contributed by atoms with van der Waals surface area (Å²) in [5.41, 5.74) is 30.7. The van der Waals surface area contributed by atoms with Crippen LogP contribution in [0.4, 0.5) is 0 Å². The van der Waals surface area contributed by atoms with E-state index in [1.165, 1.54) is 11.1 Å². The standard InChI is InChI=1S/C38H24N2O.2C32H20N2O/c1-3-9-27(10-4-1)37-38(28-11-5-2-6-12-28)40-34-24-30(19-21-33(34)39-37)26-17-15-25(16-18-26)29-20-22-36-32(23-29)31-13-7-8-14-35(31)41-36;1-3-9-21(10-4-1)31-32(22-11-5-2-6-12-22)34-28-20-24(15-17-27(28)33-31)23-16-18-30-26(19-23)25-13-7-8-14-29(25)35-30;1-2-8-23(9-3-1)31-27-13-7-19-33-29(27)20-28(34-31)22-17-15-21(16-18-22)24-11-6-12-26-25-10-4-5-14-30(25)35-32(24)26/h1-24H;2*1-20H. The molecule has 7 aromatic heterocycles. The number of furan rings is 3. The molecule has 520 valence electrons.